The maximum atomic E-state index is 13.7. The largest absolute Gasteiger partial charge is 0.458 e. The second kappa shape index (κ2) is 10.3. The Bertz CT molecular complexity index is 1360. The first kappa shape index (κ1) is 29.1. The Morgan fingerprint density at radius 2 is 1.91 bits per heavy atom. The van der Waals surface area contributed by atoms with E-state index >= 15 is 0 Å². The lowest BCUT2D eigenvalue weighted by Gasteiger charge is -2.53. The summed E-state index contributed by atoms with van der Waals surface area (Å²) >= 11 is 0. The number of nitrogens with one attached hydrogen (secondary N) is 1. The van der Waals surface area contributed by atoms with E-state index in [1.807, 2.05) is 0 Å². The van der Waals surface area contributed by atoms with Crippen molar-refractivity contribution in [2.45, 2.75) is 108 Å². The number of benzene rings is 1. The van der Waals surface area contributed by atoms with Gasteiger partial charge in [-0.2, -0.15) is 5.06 Å². The predicted octanol–water partition coefficient (Wildman–Crippen LogP) is 3.11. The van der Waals surface area contributed by atoms with Crippen LogP contribution in [0.15, 0.2) is 29.8 Å². The molecule has 7 aliphatic rings. The lowest BCUT2D eigenvalue weighted by Crippen LogP contribution is -2.69. The summed E-state index contributed by atoms with van der Waals surface area (Å²) in [7, 11) is 0. The van der Waals surface area contributed by atoms with Gasteiger partial charge in [0, 0.05) is 13.0 Å². The maximum Gasteiger partial charge on any atom is 0.327 e. The van der Waals surface area contributed by atoms with Crippen LogP contribution in [-0.4, -0.2) is 84.2 Å². The van der Waals surface area contributed by atoms with Crippen LogP contribution in [0.1, 0.15) is 70.4 Å². The molecule has 2 N–H and O–H groups in total. The Morgan fingerprint density at radius 3 is 2.68 bits per heavy atom. The quantitative estimate of drug-likeness (QED) is 0.371. The molecule has 7 fully saturated rings. The summed E-state index contributed by atoms with van der Waals surface area (Å²) in [6, 6.07) is 7.49. The van der Waals surface area contributed by atoms with E-state index in [0.29, 0.717) is 29.9 Å². The second-order valence-corrected chi connectivity index (χ2v) is 14.9. The van der Waals surface area contributed by atoms with Gasteiger partial charge in [0.05, 0.1) is 24.9 Å². The molecular formula is C34H44N2O8. The molecule has 1 unspecified atom stereocenters. The number of carbonyl (C=O) groups is 2. The van der Waals surface area contributed by atoms with E-state index in [9.17, 15) is 14.7 Å². The molecule has 4 aliphatic heterocycles. The summed E-state index contributed by atoms with van der Waals surface area (Å²) < 4.78 is 23.6. The normalized spacial score (nSPS) is 44.3. The average Bonchev–Trinajstić information content (AvgIpc) is 3.30. The monoisotopic (exact) mass is 608 g/mol. The van der Waals surface area contributed by atoms with Crippen LogP contribution in [0.5, 0.6) is 0 Å². The van der Waals surface area contributed by atoms with E-state index in [1.165, 1.54) is 24.0 Å². The van der Waals surface area contributed by atoms with E-state index in [2.05, 4.69) is 56.4 Å². The zero-order valence-electron chi connectivity index (χ0n) is 25.8. The van der Waals surface area contributed by atoms with E-state index in [-0.39, 0.29) is 37.9 Å². The first-order valence-electron chi connectivity index (χ1n) is 16.4. The number of rotatable bonds is 6. The molecule has 0 aromatic heterocycles. The fourth-order valence-electron chi connectivity index (χ4n) is 9.49. The number of nitrogens with zero attached hydrogens (tertiary/aromatic N) is 1. The summed E-state index contributed by atoms with van der Waals surface area (Å²) in [5.41, 5.74) is 2.92. The van der Waals surface area contributed by atoms with Gasteiger partial charge in [-0.1, -0.05) is 49.8 Å². The van der Waals surface area contributed by atoms with Crippen LogP contribution in [0, 0.1) is 22.7 Å². The first-order chi connectivity index (χ1) is 21.1. The highest BCUT2D eigenvalue weighted by Gasteiger charge is 2.74. The van der Waals surface area contributed by atoms with Crippen molar-refractivity contribution in [3.8, 4) is 0 Å². The average molecular weight is 609 g/mol. The van der Waals surface area contributed by atoms with Crippen LogP contribution < -0.4 is 5.32 Å². The smallest absolute Gasteiger partial charge is 0.327 e. The number of amides is 1. The number of hydroxylamine groups is 2. The van der Waals surface area contributed by atoms with Gasteiger partial charge in [-0.15, -0.1) is 0 Å². The molecule has 2 bridgehead atoms. The molecule has 1 aromatic carbocycles. The number of carbonyl (C=O) groups excluding carboxylic acids is 2. The van der Waals surface area contributed by atoms with Gasteiger partial charge in [-0.25, -0.2) is 0 Å². The topological polar surface area (TPSA) is 119 Å². The van der Waals surface area contributed by atoms with Gasteiger partial charge in [0.1, 0.15) is 36.6 Å². The molecule has 10 heteroatoms. The van der Waals surface area contributed by atoms with Crippen molar-refractivity contribution >= 4 is 18.0 Å². The van der Waals surface area contributed by atoms with Gasteiger partial charge in [-0.05, 0) is 67.4 Å². The van der Waals surface area contributed by atoms with Crippen molar-refractivity contribution in [1.82, 2.24) is 10.4 Å². The number of fused-ring (bicyclic) bond motifs is 6. The number of epoxide rings is 1. The molecule has 4 saturated heterocycles. The van der Waals surface area contributed by atoms with Crippen molar-refractivity contribution in [3.63, 3.8) is 0 Å². The third-order valence-electron chi connectivity index (χ3n) is 12.0. The Morgan fingerprint density at radius 1 is 1.11 bits per heavy atom. The summed E-state index contributed by atoms with van der Waals surface area (Å²) in [6.45, 7) is 7.37. The highest BCUT2D eigenvalue weighted by atomic mass is 16.8. The fourth-order valence-corrected chi connectivity index (χ4v) is 9.49. The minimum Gasteiger partial charge on any atom is -0.458 e. The van der Waals surface area contributed by atoms with Crippen molar-refractivity contribution in [2.75, 3.05) is 19.9 Å². The molecule has 3 saturated carbocycles. The number of hydrogen-bond donors (Lipinski definition) is 2. The van der Waals surface area contributed by atoms with Gasteiger partial charge in [0.25, 0.3) is 0 Å². The third-order valence-corrected chi connectivity index (χ3v) is 12.0. The summed E-state index contributed by atoms with van der Waals surface area (Å²) in [5.74, 6) is 0.499. The number of allylic oxidation sites excluding steroid dienone is 1. The SMILES string of the molecule is CC1(C)C[C@@H]2C(=Cc3ccc(CN4O[C@@H]5[C@H]6OCO[C@H]6[C@H]6C[C@]5(C(=O)NCCO)[C@@H]4C(=O)O6)cc3)CCC3O[C@]3(C)CC[C@H]21. The number of esters is 1. The minimum atomic E-state index is -1.19. The number of aliphatic hydroxyl groups is 1. The second-order valence-electron chi connectivity index (χ2n) is 14.9. The summed E-state index contributed by atoms with van der Waals surface area (Å²) in [5, 5.41) is 13.8. The van der Waals surface area contributed by atoms with Crippen molar-refractivity contribution in [2.24, 2.45) is 22.7 Å². The Kier molecular flexibility index (Phi) is 6.83. The van der Waals surface area contributed by atoms with E-state index < -0.39 is 41.8 Å². The third kappa shape index (κ3) is 4.43. The number of ether oxygens (including phenoxy) is 4. The highest BCUT2D eigenvalue weighted by molar-refractivity contribution is 5.93. The molecule has 4 heterocycles. The van der Waals surface area contributed by atoms with Crippen molar-refractivity contribution in [3.05, 3.63) is 41.0 Å². The lowest BCUT2D eigenvalue weighted by molar-refractivity contribution is -0.201. The highest BCUT2D eigenvalue weighted by Crippen LogP contribution is 2.60. The van der Waals surface area contributed by atoms with Gasteiger partial charge >= 0.3 is 5.97 Å². The zero-order valence-corrected chi connectivity index (χ0v) is 25.8. The first-order valence-corrected chi connectivity index (χ1v) is 16.4. The molecule has 10 atom stereocenters. The van der Waals surface area contributed by atoms with E-state index in [1.54, 1.807) is 5.06 Å². The minimum absolute atomic E-state index is 0.0608. The van der Waals surface area contributed by atoms with E-state index in [4.69, 9.17) is 23.8 Å². The molecule has 0 radical (unpaired) electrons. The van der Waals surface area contributed by atoms with Crippen LogP contribution >= 0.6 is 0 Å². The van der Waals surface area contributed by atoms with Crippen molar-refractivity contribution in [1.29, 1.82) is 0 Å². The fraction of sp³-hybridized carbons (Fsp3) is 0.706. The molecule has 1 amide bonds. The zero-order chi connectivity index (χ0) is 30.4. The summed E-state index contributed by atoms with van der Waals surface area (Å²) in [4.78, 5) is 33.6. The Hall–Kier alpha value is -2.34. The molecule has 44 heavy (non-hydrogen) atoms. The van der Waals surface area contributed by atoms with Gasteiger partial charge in [0.2, 0.25) is 5.91 Å². The van der Waals surface area contributed by atoms with Crippen molar-refractivity contribution < 1.29 is 38.5 Å². The van der Waals surface area contributed by atoms with Gasteiger partial charge in [0.15, 0.2) is 6.04 Å². The Labute approximate surface area is 258 Å². The number of aliphatic hydroxyl groups excluding tert-OH is 1. The number of hydrogen-bond acceptors (Lipinski definition) is 9. The van der Waals surface area contributed by atoms with Crippen LogP contribution in [0.2, 0.25) is 0 Å². The van der Waals surface area contributed by atoms with Crippen LogP contribution in [0.4, 0.5) is 0 Å². The standard InChI is InChI=1S/C34H44N2O8/c1-32(2)15-22-21(8-9-25-33(3,43-25)11-10-23(22)32)14-19-4-6-20(7-5-19)17-36-28-30(38)42-24-16-34(28,31(39)35-12-13-37)29(44-36)27-26(24)40-18-41-27/h4-7,14,22-29,37H,8-13,15-18H2,1-3H3,(H,35,39)/t22-,23-,24-,25?,26+,27+,28+,29-,33-,34+/m1/s1. The Balaban J connectivity index is 1.03. The lowest BCUT2D eigenvalue weighted by atomic mass is 9.52. The van der Waals surface area contributed by atoms with E-state index in [0.717, 1.165) is 24.8 Å². The molecule has 8 rings (SSSR count). The van der Waals surface area contributed by atoms with Gasteiger partial charge in [-0.3, -0.25) is 14.4 Å². The van der Waals surface area contributed by atoms with Gasteiger partial charge < -0.3 is 29.4 Å². The van der Waals surface area contributed by atoms with Crippen LogP contribution in [0.3, 0.4) is 0 Å². The summed E-state index contributed by atoms with van der Waals surface area (Å²) in [6.07, 6.45) is 6.52. The maximum absolute atomic E-state index is 13.7. The molecule has 3 aliphatic carbocycles. The molecule has 238 valence electrons. The molecule has 1 aromatic rings. The molecular weight excluding hydrogens is 564 g/mol. The molecule has 10 nitrogen and oxygen atoms in total. The van der Waals surface area contributed by atoms with Crippen LogP contribution in [0.25, 0.3) is 6.08 Å². The molecule has 0 spiro atoms. The van der Waals surface area contributed by atoms with Crippen LogP contribution in [-0.2, 0) is 39.9 Å². The predicted molar refractivity (Wildman–Crippen MR) is 157 cm³/mol.